The molecule has 0 aliphatic rings. The van der Waals surface area contributed by atoms with Gasteiger partial charge in [0.25, 0.3) is 0 Å². The summed E-state index contributed by atoms with van der Waals surface area (Å²) in [6, 6.07) is 7.48. The maximum absolute atomic E-state index is 10.8. The minimum Gasteiger partial charge on any atom is -0.479 e. The van der Waals surface area contributed by atoms with Gasteiger partial charge in [0.15, 0.2) is 6.10 Å². The smallest absolute Gasteiger partial charge is 0.338 e. The fourth-order valence-electron chi connectivity index (χ4n) is 1.79. The van der Waals surface area contributed by atoms with Crippen LogP contribution < -0.4 is 0 Å². The second-order valence-electron chi connectivity index (χ2n) is 3.52. The van der Waals surface area contributed by atoms with Crippen molar-refractivity contribution < 1.29 is 15.0 Å². The number of benzene rings is 1. The molecule has 0 aliphatic carbocycles. The van der Waals surface area contributed by atoms with E-state index in [0.29, 0.717) is 10.2 Å². The summed E-state index contributed by atoms with van der Waals surface area (Å²) >= 11 is 3.33. The highest BCUT2D eigenvalue weighted by atomic mass is 79.9. The fraction of sp³-hybridized carbons (Fsp3) is 0.182. The number of carboxylic acids is 1. The molecule has 84 valence electrons. The molecule has 2 aromatic rings. The Kier molecular flexibility index (Phi) is 2.73. The third kappa shape index (κ3) is 1.52. The van der Waals surface area contributed by atoms with E-state index in [1.165, 1.54) is 0 Å². The fourth-order valence-corrected chi connectivity index (χ4v) is 2.61. The van der Waals surface area contributed by atoms with Crippen molar-refractivity contribution in [3.05, 3.63) is 34.4 Å². The van der Waals surface area contributed by atoms with Crippen molar-refractivity contribution in [2.45, 2.75) is 6.10 Å². The summed E-state index contributed by atoms with van der Waals surface area (Å²) in [7, 11) is 1.73. The molecule has 1 aromatic heterocycles. The average Bonchev–Trinajstić information content (AvgIpc) is 2.52. The summed E-state index contributed by atoms with van der Waals surface area (Å²) in [5.74, 6) is -1.26. The molecule has 0 aliphatic heterocycles. The van der Waals surface area contributed by atoms with Gasteiger partial charge in [0.2, 0.25) is 0 Å². The number of aromatic nitrogens is 1. The van der Waals surface area contributed by atoms with E-state index in [-0.39, 0.29) is 0 Å². The predicted octanol–water partition coefficient (Wildman–Crippen LogP) is 2.06. The zero-order valence-corrected chi connectivity index (χ0v) is 10.1. The van der Waals surface area contributed by atoms with Crippen LogP contribution in [0, 0.1) is 0 Å². The van der Waals surface area contributed by atoms with Crippen LogP contribution in [-0.4, -0.2) is 20.7 Å². The number of nitrogens with zero attached hydrogens (tertiary/aromatic N) is 1. The Bertz CT molecular complexity index is 523. The number of carboxylic acid groups (broad SMARTS) is 1. The number of aliphatic hydroxyl groups excluding tert-OH is 1. The first kappa shape index (κ1) is 11.2. The SMILES string of the molecule is Cn1c(C(O)C(=O)O)c(Br)c2ccccc21. The zero-order valence-electron chi connectivity index (χ0n) is 8.51. The normalized spacial score (nSPS) is 12.9. The lowest BCUT2D eigenvalue weighted by molar-refractivity contribution is -0.147. The Morgan fingerprint density at radius 3 is 2.62 bits per heavy atom. The number of para-hydroxylation sites is 1. The number of hydrogen-bond donors (Lipinski definition) is 2. The molecule has 4 nitrogen and oxygen atoms in total. The maximum Gasteiger partial charge on any atom is 0.338 e. The molecule has 0 saturated carbocycles. The molecule has 0 saturated heterocycles. The lowest BCUT2D eigenvalue weighted by Crippen LogP contribution is -2.14. The number of hydrogen-bond acceptors (Lipinski definition) is 2. The van der Waals surface area contributed by atoms with Crippen LogP contribution in [0.2, 0.25) is 0 Å². The molecular weight excluding hydrogens is 274 g/mol. The number of carbonyl (C=O) groups is 1. The summed E-state index contributed by atoms with van der Waals surface area (Å²) in [6.45, 7) is 0. The van der Waals surface area contributed by atoms with Crippen LogP contribution in [0.25, 0.3) is 10.9 Å². The Morgan fingerprint density at radius 1 is 1.44 bits per heavy atom. The summed E-state index contributed by atoms with van der Waals surface area (Å²) in [4.78, 5) is 10.8. The lowest BCUT2D eigenvalue weighted by atomic mass is 10.2. The van der Waals surface area contributed by atoms with E-state index >= 15 is 0 Å². The third-order valence-corrected chi connectivity index (χ3v) is 3.41. The highest BCUT2D eigenvalue weighted by Gasteiger charge is 2.24. The molecule has 0 radical (unpaired) electrons. The largest absolute Gasteiger partial charge is 0.479 e. The van der Waals surface area contributed by atoms with Crippen LogP contribution in [0.3, 0.4) is 0 Å². The molecule has 1 aromatic carbocycles. The number of fused-ring (bicyclic) bond motifs is 1. The Morgan fingerprint density at radius 2 is 2.06 bits per heavy atom. The average molecular weight is 284 g/mol. The second-order valence-corrected chi connectivity index (χ2v) is 4.31. The standard InChI is InChI=1S/C11H10BrNO3/c1-13-7-5-3-2-4-6(7)8(12)9(13)10(14)11(15)16/h2-5,10,14H,1H3,(H,15,16). The molecule has 0 bridgehead atoms. The van der Waals surface area contributed by atoms with Gasteiger partial charge in [0.1, 0.15) is 0 Å². The molecule has 1 unspecified atom stereocenters. The highest BCUT2D eigenvalue weighted by molar-refractivity contribution is 9.10. The van der Waals surface area contributed by atoms with E-state index in [1.807, 2.05) is 24.3 Å². The quantitative estimate of drug-likeness (QED) is 0.887. The monoisotopic (exact) mass is 283 g/mol. The van der Waals surface area contributed by atoms with Crippen molar-refractivity contribution in [2.24, 2.45) is 7.05 Å². The number of halogens is 1. The van der Waals surface area contributed by atoms with Crippen molar-refractivity contribution in [3.8, 4) is 0 Å². The maximum atomic E-state index is 10.8. The van der Waals surface area contributed by atoms with Crippen molar-refractivity contribution in [1.82, 2.24) is 4.57 Å². The van der Waals surface area contributed by atoms with Gasteiger partial charge in [-0.1, -0.05) is 18.2 Å². The van der Waals surface area contributed by atoms with Crippen LogP contribution in [0.4, 0.5) is 0 Å². The summed E-state index contributed by atoms with van der Waals surface area (Å²) in [5.41, 5.74) is 1.23. The highest BCUT2D eigenvalue weighted by Crippen LogP contribution is 2.33. The predicted molar refractivity (Wildman–Crippen MR) is 63.2 cm³/mol. The van der Waals surface area contributed by atoms with Gasteiger partial charge in [-0.3, -0.25) is 0 Å². The van der Waals surface area contributed by atoms with Gasteiger partial charge < -0.3 is 14.8 Å². The number of rotatable bonds is 2. The minimum atomic E-state index is -1.52. The van der Waals surface area contributed by atoms with Crippen molar-refractivity contribution >= 4 is 32.8 Å². The van der Waals surface area contributed by atoms with Crippen LogP contribution in [0.15, 0.2) is 28.7 Å². The molecule has 0 spiro atoms. The van der Waals surface area contributed by atoms with E-state index in [9.17, 15) is 9.90 Å². The van der Waals surface area contributed by atoms with Gasteiger partial charge in [-0.05, 0) is 22.0 Å². The molecule has 5 heteroatoms. The Hall–Kier alpha value is -1.33. The van der Waals surface area contributed by atoms with Crippen LogP contribution in [-0.2, 0) is 11.8 Å². The van der Waals surface area contributed by atoms with Crippen LogP contribution in [0.5, 0.6) is 0 Å². The molecule has 16 heavy (non-hydrogen) atoms. The van der Waals surface area contributed by atoms with Gasteiger partial charge >= 0.3 is 5.97 Å². The number of aliphatic carboxylic acids is 1. The molecule has 2 rings (SSSR count). The van der Waals surface area contributed by atoms with Gasteiger partial charge in [-0.25, -0.2) is 4.79 Å². The molecule has 0 fully saturated rings. The van der Waals surface area contributed by atoms with Gasteiger partial charge in [0.05, 0.1) is 5.69 Å². The van der Waals surface area contributed by atoms with Crippen molar-refractivity contribution in [3.63, 3.8) is 0 Å². The van der Waals surface area contributed by atoms with Gasteiger partial charge in [-0.15, -0.1) is 0 Å². The van der Waals surface area contributed by atoms with E-state index in [0.717, 1.165) is 10.9 Å². The first-order valence-corrected chi connectivity index (χ1v) is 5.47. The topological polar surface area (TPSA) is 62.5 Å². The molecule has 2 N–H and O–H groups in total. The van der Waals surface area contributed by atoms with E-state index in [1.54, 1.807) is 11.6 Å². The van der Waals surface area contributed by atoms with E-state index < -0.39 is 12.1 Å². The first-order valence-electron chi connectivity index (χ1n) is 4.67. The first-order chi connectivity index (χ1) is 7.54. The van der Waals surface area contributed by atoms with E-state index in [4.69, 9.17) is 5.11 Å². The number of aryl methyl sites for hydroxylation is 1. The third-order valence-electron chi connectivity index (χ3n) is 2.58. The molecule has 0 amide bonds. The van der Waals surface area contributed by atoms with E-state index in [2.05, 4.69) is 15.9 Å². The minimum absolute atomic E-state index is 0.355. The van der Waals surface area contributed by atoms with Crippen LogP contribution in [0.1, 0.15) is 11.8 Å². The van der Waals surface area contributed by atoms with Gasteiger partial charge in [0, 0.05) is 22.4 Å². The van der Waals surface area contributed by atoms with Crippen molar-refractivity contribution in [1.29, 1.82) is 0 Å². The Balaban J connectivity index is 2.75. The summed E-state index contributed by atoms with van der Waals surface area (Å²) < 4.78 is 2.30. The lowest BCUT2D eigenvalue weighted by Gasteiger charge is -2.08. The summed E-state index contributed by atoms with van der Waals surface area (Å²) in [5, 5.41) is 19.3. The Labute approximate surface area is 100 Å². The van der Waals surface area contributed by atoms with Crippen molar-refractivity contribution in [2.75, 3.05) is 0 Å². The second kappa shape index (κ2) is 3.92. The van der Waals surface area contributed by atoms with Gasteiger partial charge in [-0.2, -0.15) is 0 Å². The molecule has 1 heterocycles. The summed E-state index contributed by atoms with van der Waals surface area (Å²) in [6.07, 6.45) is -1.52. The number of aliphatic hydroxyl groups is 1. The molecular formula is C11H10BrNO3. The van der Waals surface area contributed by atoms with Crippen LogP contribution >= 0.6 is 15.9 Å². The molecule has 1 atom stereocenters. The zero-order chi connectivity index (χ0) is 11.9.